The molecule has 21 heavy (non-hydrogen) atoms. The van der Waals surface area contributed by atoms with Crippen molar-refractivity contribution < 1.29 is 4.79 Å². The van der Waals surface area contributed by atoms with Crippen LogP contribution in [0, 0.1) is 18.3 Å². The standard InChI is InChI=1S/C18H28N2O/c1-13-6-8-14(9-7-13)16(19-5)12-20-11-15(10-17(20)21)18(2,3)4/h6-9,15-16,19H,10-12H2,1-5H3. The molecule has 1 saturated heterocycles. The van der Waals surface area contributed by atoms with E-state index >= 15 is 0 Å². The van der Waals surface area contributed by atoms with Crippen LogP contribution in [-0.4, -0.2) is 30.9 Å². The molecule has 116 valence electrons. The molecule has 1 amide bonds. The van der Waals surface area contributed by atoms with Gasteiger partial charge in [-0.3, -0.25) is 4.79 Å². The van der Waals surface area contributed by atoms with Crippen molar-refractivity contribution in [3.05, 3.63) is 35.4 Å². The van der Waals surface area contributed by atoms with E-state index in [0.717, 1.165) is 13.1 Å². The zero-order valence-corrected chi connectivity index (χ0v) is 13.9. The highest BCUT2D eigenvalue weighted by Gasteiger charge is 2.37. The van der Waals surface area contributed by atoms with Crippen LogP contribution in [0.1, 0.15) is 44.4 Å². The fourth-order valence-electron chi connectivity index (χ4n) is 2.91. The third kappa shape index (κ3) is 3.85. The van der Waals surface area contributed by atoms with Gasteiger partial charge in [-0.2, -0.15) is 0 Å². The van der Waals surface area contributed by atoms with Crippen LogP contribution in [0.15, 0.2) is 24.3 Å². The summed E-state index contributed by atoms with van der Waals surface area (Å²) in [7, 11) is 1.96. The number of likely N-dealkylation sites (N-methyl/N-ethyl adjacent to an activating group) is 1. The minimum Gasteiger partial charge on any atom is -0.340 e. The van der Waals surface area contributed by atoms with E-state index in [4.69, 9.17) is 0 Å². The maximum atomic E-state index is 12.3. The number of hydrogen-bond acceptors (Lipinski definition) is 2. The van der Waals surface area contributed by atoms with E-state index in [1.165, 1.54) is 11.1 Å². The molecule has 1 heterocycles. The second kappa shape index (κ2) is 6.18. The first-order valence-electron chi connectivity index (χ1n) is 7.83. The zero-order valence-electron chi connectivity index (χ0n) is 13.9. The molecule has 2 unspecified atom stereocenters. The van der Waals surface area contributed by atoms with Crippen molar-refractivity contribution >= 4 is 5.91 Å². The predicted octanol–water partition coefficient (Wildman–Crippen LogP) is 3.15. The van der Waals surface area contributed by atoms with Crippen LogP contribution in [0.3, 0.4) is 0 Å². The summed E-state index contributed by atoms with van der Waals surface area (Å²) in [6.45, 7) is 10.4. The lowest BCUT2D eigenvalue weighted by atomic mass is 9.80. The van der Waals surface area contributed by atoms with Crippen LogP contribution >= 0.6 is 0 Å². The minimum atomic E-state index is 0.198. The molecule has 1 fully saturated rings. The molecule has 0 aromatic heterocycles. The number of carbonyl (C=O) groups is 1. The van der Waals surface area contributed by atoms with Gasteiger partial charge >= 0.3 is 0 Å². The van der Waals surface area contributed by atoms with E-state index in [1.807, 2.05) is 11.9 Å². The van der Waals surface area contributed by atoms with E-state index in [0.29, 0.717) is 18.2 Å². The Morgan fingerprint density at radius 1 is 1.29 bits per heavy atom. The van der Waals surface area contributed by atoms with Gasteiger partial charge in [-0.15, -0.1) is 0 Å². The highest BCUT2D eigenvalue weighted by Crippen LogP contribution is 2.34. The van der Waals surface area contributed by atoms with Crippen LogP contribution in [0.4, 0.5) is 0 Å². The zero-order chi connectivity index (χ0) is 15.6. The number of nitrogens with one attached hydrogen (secondary N) is 1. The Hall–Kier alpha value is -1.35. The van der Waals surface area contributed by atoms with Gasteiger partial charge in [0.15, 0.2) is 0 Å². The van der Waals surface area contributed by atoms with Crippen molar-refractivity contribution in [2.24, 2.45) is 11.3 Å². The van der Waals surface area contributed by atoms with Crippen LogP contribution < -0.4 is 5.32 Å². The lowest BCUT2D eigenvalue weighted by molar-refractivity contribution is -0.128. The highest BCUT2D eigenvalue weighted by atomic mass is 16.2. The first kappa shape index (κ1) is 16.0. The summed E-state index contributed by atoms with van der Waals surface area (Å²) >= 11 is 0. The van der Waals surface area contributed by atoms with Crippen molar-refractivity contribution in [3.63, 3.8) is 0 Å². The van der Waals surface area contributed by atoms with Gasteiger partial charge in [0.1, 0.15) is 0 Å². The maximum absolute atomic E-state index is 12.3. The monoisotopic (exact) mass is 288 g/mol. The molecule has 3 heteroatoms. The Kier molecular flexibility index (Phi) is 4.72. The molecule has 1 aromatic carbocycles. The predicted molar refractivity (Wildman–Crippen MR) is 87.1 cm³/mol. The van der Waals surface area contributed by atoms with Crippen LogP contribution in [-0.2, 0) is 4.79 Å². The summed E-state index contributed by atoms with van der Waals surface area (Å²) in [5.74, 6) is 0.753. The molecule has 2 atom stereocenters. The van der Waals surface area contributed by atoms with E-state index < -0.39 is 0 Å². The summed E-state index contributed by atoms with van der Waals surface area (Å²) in [5, 5.41) is 3.34. The number of amides is 1. The molecule has 0 aliphatic carbocycles. The van der Waals surface area contributed by atoms with Crippen molar-refractivity contribution in [1.29, 1.82) is 0 Å². The molecule has 1 aliphatic heterocycles. The van der Waals surface area contributed by atoms with Gasteiger partial charge in [0, 0.05) is 25.6 Å². The number of nitrogens with zero attached hydrogens (tertiary/aromatic N) is 1. The fourth-order valence-corrected chi connectivity index (χ4v) is 2.91. The lowest BCUT2D eigenvalue weighted by Gasteiger charge is -2.28. The molecule has 0 bridgehead atoms. The van der Waals surface area contributed by atoms with Gasteiger partial charge in [-0.1, -0.05) is 50.6 Å². The number of hydrogen-bond donors (Lipinski definition) is 1. The van der Waals surface area contributed by atoms with Gasteiger partial charge in [0.25, 0.3) is 0 Å². The van der Waals surface area contributed by atoms with E-state index in [9.17, 15) is 4.79 Å². The first-order valence-corrected chi connectivity index (χ1v) is 7.83. The van der Waals surface area contributed by atoms with Crippen molar-refractivity contribution in [3.8, 4) is 0 Å². The van der Waals surface area contributed by atoms with Crippen molar-refractivity contribution in [2.75, 3.05) is 20.1 Å². The van der Waals surface area contributed by atoms with Crippen LogP contribution in [0.25, 0.3) is 0 Å². The molecular formula is C18H28N2O. The van der Waals surface area contributed by atoms with Gasteiger partial charge < -0.3 is 10.2 Å². The maximum Gasteiger partial charge on any atom is 0.223 e. The number of aryl methyl sites for hydroxylation is 1. The summed E-state index contributed by atoms with van der Waals surface area (Å²) in [5.41, 5.74) is 2.71. The molecule has 0 saturated carbocycles. The van der Waals surface area contributed by atoms with Gasteiger partial charge in [-0.05, 0) is 30.9 Å². The van der Waals surface area contributed by atoms with E-state index in [2.05, 4.69) is 57.3 Å². The van der Waals surface area contributed by atoms with Gasteiger partial charge in [0.05, 0.1) is 0 Å². The number of rotatable bonds is 4. The Morgan fingerprint density at radius 2 is 1.90 bits per heavy atom. The van der Waals surface area contributed by atoms with Crippen molar-refractivity contribution in [2.45, 2.75) is 40.2 Å². The molecular weight excluding hydrogens is 260 g/mol. The largest absolute Gasteiger partial charge is 0.340 e. The second-order valence-electron chi connectivity index (χ2n) is 7.32. The quantitative estimate of drug-likeness (QED) is 0.923. The summed E-state index contributed by atoms with van der Waals surface area (Å²) < 4.78 is 0. The van der Waals surface area contributed by atoms with Gasteiger partial charge in [0.2, 0.25) is 5.91 Å². The summed E-state index contributed by atoms with van der Waals surface area (Å²) in [6, 6.07) is 8.76. The third-order valence-electron chi connectivity index (χ3n) is 4.67. The fraction of sp³-hybridized carbons (Fsp3) is 0.611. The van der Waals surface area contributed by atoms with Gasteiger partial charge in [-0.25, -0.2) is 0 Å². The highest BCUT2D eigenvalue weighted by molar-refractivity contribution is 5.78. The third-order valence-corrected chi connectivity index (χ3v) is 4.67. The SMILES string of the molecule is CNC(CN1CC(C(C)(C)C)CC1=O)c1ccc(C)cc1. The van der Waals surface area contributed by atoms with Crippen molar-refractivity contribution in [1.82, 2.24) is 10.2 Å². The van der Waals surface area contributed by atoms with Crippen LogP contribution in [0.2, 0.25) is 0 Å². The van der Waals surface area contributed by atoms with E-state index in [-0.39, 0.29) is 11.5 Å². The second-order valence-corrected chi connectivity index (χ2v) is 7.32. The normalized spacial score (nSPS) is 20.9. The molecule has 1 aromatic rings. The molecule has 0 spiro atoms. The Labute approximate surface area is 128 Å². The average molecular weight is 288 g/mol. The average Bonchev–Trinajstić information content (AvgIpc) is 2.78. The summed E-state index contributed by atoms with van der Waals surface area (Å²) in [6.07, 6.45) is 0.688. The smallest absolute Gasteiger partial charge is 0.223 e. The lowest BCUT2D eigenvalue weighted by Crippen LogP contribution is -2.35. The van der Waals surface area contributed by atoms with Crippen LogP contribution in [0.5, 0.6) is 0 Å². The Morgan fingerprint density at radius 3 is 2.38 bits per heavy atom. The first-order chi connectivity index (χ1) is 9.81. The number of likely N-dealkylation sites (tertiary alicyclic amines) is 1. The molecule has 3 nitrogen and oxygen atoms in total. The molecule has 1 aliphatic rings. The number of carbonyl (C=O) groups excluding carboxylic acids is 1. The molecule has 0 radical (unpaired) electrons. The molecule has 2 rings (SSSR count). The minimum absolute atomic E-state index is 0.198. The summed E-state index contributed by atoms with van der Waals surface area (Å²) in [4.78, 5) is 14.3. The Balaban J connectivity index is 2.05. The topological polar surface area (TPSA) is 32.3 Å². The molecule has 1 N–H and O–H groups in total. The number of benzene rings is 1. The van der Waals surface area contributed by atoms with E-state index in [1.54, 1.807) is 0 Å². The Bertz CT molecular complexity index is 487.